The molecule has 0 heterocycles. The van der Waals surface area contributed by atoms with E-state index in [1.807, 2.05) is 13.8 Å². The van der Waals surface area contributed by atoms with Crippen molar-refractivity contribution in [2.24, 2.45) is 0 Å². The van der Waals surface area contributed by atoms with E-state index in [9.17, 15) is 0 Å². The lowest BCUT2D eigenvalue weighted by atomic mass is 10.2. The third-order valence-corrected chi connectivity index (χ3v) is 2.19. The predicted molar refractivity (Wildman–Crippen MR) is 67.2 cm³/mol. The molecule has 0 aliphatic carbocycles. The van der Waals surface area contributed by atoms with Crippen LogP contribution in [0.25, 0.3) is 0 Å². The van der Waals surface area contributed by atoms with E-state index in [4.69, 9.17) is 15.9 Å². The zero-order valence-electron chi connectivity index (χ0n) is 10.6. The van der Waals surface area contributed by atoms with E-state index in [0.717, 1.165) is 38.8 Å². The maximum absolute atomic E-state index is 5.44. The van der Waals surface area contributed by atoms with Gasteiger partial charge in [0.1, 0.15) is 0 Å². The molecule has 16 heavy (non-hydrogen) atoms. The molecule has 0 fully saturated rings. The second-order valence-electron chi connectivity index (χ2n) is 3.54. The Morgan fingerprint density at radius 2 is 1.81 bits per heavy atom. The molecular weight excluding hydrogens is 202 g/mol. The molecule has 1 N–H and O–H groups in total. The molecule has 0 saturated heterocycles. The quantitative estimate of drug-likeness (QED) is 0.333. The summed E-state index contributed by atoms with van der Waals surface area (Å²) in [6, 6.07) is 0. The van der Waals surface area contributed by atoms with Crippen molar-refractivity contribution in [3.8, 4) is 12.3 Å². The van der Waals surface area contributed by atoms with Gasteiger partial charge in [0, 0.05) is 26.1 Å². The highest BCUT2D eigenvalue weighted by Gasteiger charge is 2.06. The third-order valence-electron chi connectivity index (χ3n) is 2.19. The van der Waals surface area contributed by atoms with Gasteiger partial charge in [0.15, 0.2) is 6.29 Å². The van der Waals surface area contributed by atoms with Crippen molar-refractivity contribution in [3.63, 3.8) is 0 Å². The van der Waals surface area contributed by atoms with Gasteiger partial charge in [0.05, 0.1) is 0 Å². The zero-order chi connectivity index (χ0) is 12.1. The molecule has 0 aliphatic heterocycles. The molecule has 0 atom stereocenters. The van der Waals surface area contributed by atoms with Gasteiger partial charge in [-0.25, -0.2) is 0 Å². The zero-order valence-corrected chi connectivity index (χ0v) is 10.6. The van der Waals surface area contributed by atoms with Crippen LogP contribution in [0, 0.1) is 12.3 Å². The number of rotatable bonds is 11. The number of hydrogen-bond donors (Lipinski definition) is 1. The van der Waals surface area contributed by atoms with Crippen molar-refractivity contribution >= 4 is 0 Å². The smallest absolute Gasteiger partial charge is 0.158 e. The van der Waals surface area contributed by atoms with Crippen molar-refractivity contribution in [1.82, 2.24) is 5.32 Å². The summed E-state index contributed by atoms with van der Waals surface area (Å²) in [6.07, 6.45) is 9.13. The van der Waals surface area contributed by atoms with Crippen molar-refractivity contribution in [2.45, 2.75) is 45.8 Å². The first-order valence-corrected chi connectivity index (χ1v) is 6.22. The van der Waals surface area contributed by atoms with Crippen molar-refractivity contribution in [3.05, 3.63) is 0 Å². The highest BCUT2D eigenvalue weighted by molar-refractivity contribution is 4.82. The average molecular weight is 227 g/mol. The Bertz CT molecular complexity index is 171. The number of unbranched alkanes of at least 4 members (excludes halogenated alkanes) is 2. The topological polar surface area (TPSA) is 30.5 Å². The Morgan fingerprint density at radius 3 is 2.38 bits per heavy atom. The Kier molecular flexibility index (Phi) is 12.1. The summed E-state index contributed by atoms with van der Waals surface area (Å²) < 4.78 is 10.9. The highest BCUT2D eigenvalue weighted by Crippen LogP contribution is 2.00. The first kappa shape index (κ1) is 15.4. The van der Waals surface area contributed by atoms with E-state index in [-0.39, 0.29) is 6.29 Å². The molecule has 0 aromatic carbocycles. The molecule has 0 unspecified atom stereocenters. The van der Waals surface area contributed by atoms with Crippen LogP contribution in [0.15, 0.2) is 0 Å². The largest absolute Gasteiger partial charge is 0.353 e. The summed E-state index contributed by atoms with van der Waals surface area (Å²) in [4.78, 5) is 0. The molecule has 94 valence electrons. The van der Waals surface area contributed by atoms with E-state index in [1.165, 1.54) is 0 Å². The first-order chi connectivity index (χ1) is 7.85. The van der Waals surface area contributed by atoms with Crippen LogP contribution in [-0.4, -0.2) is 32.6 Å². The van der Waals surface area contributed by atoms with Crippen LogP contribution < -0.4 is 5.32 Å². The van der Waals surface area contributed by atoms with Gasteiger partial charge < -0.3 is 14.8 Å². The normalized spacial score (nSPS) is 10.6. The second kappa shape index (κ2) is 12.5. The van der Waals surface area contributed by atoms with Gasteiger partial charge >= 0.3 is 0 Å². The van der Waals surface area contributed by atoms with Gasteiger partial charge in [0.2, 0.25) is 0 Å². The van der Waals surface area contributed by atoms with Crippen LogP contribution in [0.3, 0.4) is 0 Å². The minimum absolute atomic E-state index is 0.0618. The monoisotopic (exact) mass is 227 g/mol. The lowest BCUT2D eigenvalue weighted by Gasteiger charge is -2.16. The lowest BCUT2D eigenvalue weighted by Crippen LogP contribution is -2.25. The van der Waals surface area contributed by atoms with E-state index in [2.05, 4.69) is 11.2 Å². The van der Waals surface area contributed by atoms with Crippen LogP contribution in [0.5, 0.6) is 0 Å². The van der Waals surface area contributed by atoms with Gasteiger partial charge in [0.25, 0.3) is 0 Å². The third kappa shape index (κ3) is 9.97. The van der Waals surface area contributed by atoms with Gasteiger partial charge in [-0.3, -0.25) is 0 Å². The molecule has 0 amide bonds. The number of terminal acetylenes is 1. The standard InChI is InChI=1S/C13H25NO2/c1-4-7-8-9-11-14-12-10-13(15-5-2)16-6-3/h1,13-14H,5-12H2,2-3H3. The van der Waals surface area contributed by atoms with Crippen LogP contribution in [0.2, 0.25) is 0 Å². The maximum atomic E-state index is 5.44. The van der Waals surface area contributed by atoms with Crippen molar-refractivity contribution in [2.75, 3.05) is 26.3 Å². The van der Waals surface area contributed by atoms with E-state index >= 15 is 0 Å². The number of ether oxygens (including phenoxy) is 2. The summed E-state index contributed by atoms with van der Waals surface area (Å²) in [7, 11) is 0. The Hall–Kier alpha value is -0.560. The maximum Gasteiger partial charge on any atom is 0.158 e. The van der Waals surface area contributed by atoms with Gasteiger partial charge in [-0.05, 0) is 39.8 Å². The summed E-state index contributed by atoms with van der Waals surface area (Å²) in [5.74, 6) is 2.64. The minimum Gasteiger partial charge on any atom is -0.353 e. The van der Waals surface area contributed by atoms with E-state index in [1.54, 1.807) is 0 Å². The molecule has 0 radical (unpaired) electrons. The number of nitrogens with one attached hydrogen (secondary N) is 1. The predicted octanol–water partition coefficient (Wildman–Crippen LogP) is 2.17. The first-order valence-electron chi connectivity index (χ1n) is 6.22. The van der Waals surface area contributed by atoms with Gasteiger partial charge in [-0.2, -0.15) is 0 Å². The average Bonchev–Trinajstić information content (AvgIpc) is 2.28. The molecule has 0 aromatic rings. The fraction of sp³-hybridized carbons (Fsp3) is 0.846. The van der Waals surface area contributed by atoms with Crippen LogP contribution >= 0.6 is 0 Å². The van der Waals surface area contributed by atoms with E-state index < -0.39 is 0 Å². The lowest BCUT2D eigenvalue weighted by molar-refractivity contribution is -0.138. The second-order valence-corrected chi connectivity index (χ2v) is 3.54. The van der Waals surface area contributed by atoms with E-state index in [0.29, 0.717) is 13.2 Å². The summed E-state index contributed by atoms with van der Waals surface area (Å²) in [6.45, 7) is 7.32. The van der Waals surface area contributed by atoms with Gasteiger partial charge in [-0.15, -0.1) is 12.3 Å². The molecule has 0 saturated carbocycles. The SMILES string of the molecule is C#CCCCCNCCC(OCC)OCC. The molecule has 0 rings (SSSR count). The van der Waals surface area contributed by atoms with Crippen LogP contribution in [-0.2, 0) is 9.47 Å². The number of hydrogen-bond acceptors (Lipinski definition) is 3. The summed E-state index contributed by atoms with van der Waals surface area (Å²) >= 11 is 0. The molecule has 0 bridgehead atoms. The molecule has 0 aromatic heterocycles. The van der Waals surface area contributed by atoms with Crippen molar-refractivity contribution in [1.29, 1.82) is 0 Å². The molecule has 3 nitrogen and oxygen atoms in total. The molecular formula is C13H25NO2. The molecule has 3 heteroatoms. The fourth-order valence-electron chi connectivity index (χ4n) is 1.41. The van der Waals surface area contributed by atoms with Crippen molar-refractivity contribution < 1.29 is 9.47 Å². The van der Waals surface area contributed by atoms with Crippen LogP contribution in [0.1, 0.15) is 39.5 Å². The van der Waals surface area contributed by atoms with Gasteiger partial charge in [-0.1, -0.05) is 0 Å². The Balaban J connectivity index is 3.29. The molecule has 0 aliphatic rings. The Labute approximate surface area is 99.9 Å². The summed E-state index contributed by atoms with van der Waals surface area (Å²) in [5, 5.41) is 3.36. The molecule has 0 spiro atoms. The highest BCUT2D eigenvalue weighted by atomic mass is 16.7. The Morgan fingerprint density at radius 1 is 1.12 bits per heavy atom. The fourth-order valence-corrected chi connectivity index (χ4v) is 1.41. The minimum atomic E-state index is -0.0618. The summed E-state index contributed by atoms with van der Waals surface area (Å²) in [5.41, 5.74) is 0. The van der Waals surface area contributed by atoms with Crippen LogP contribution in [0.4, 0.5) is 0 Å².